The molecule has 0 spiro atoms. The Balaban J connectivity index is 1.86. The maximum absolute atomic E-state index is 13.0. The number of carbonyl (C=O) groups is 3. The molecule has 0 radical (unpaired) electrons. The molecule has 2 fully saturated rings. The van der Waals surface area contributed by atoms with Gasteiger partial charge in [-0.3, -0.25) is 19.7 Å². The minimum absolute atomic E-state index is 0.0759. The van der Waals surface area contributed by atoms with E-state index in [1.165, 1.54) is 34.9 Å². The molecule has 0 saturated carbocycles. The number of carbonyl (C=O) groups excluding carboxylic acids is 2. The summed E-state index contributed by atoms with van der Waals surface area (Å²) in [5.74, 6) is -1.90. The van der Waals surface area contributed by atoms with Crippen LogP contribution in [0.4, 0.5) is 5.69 Å². The number of rotatable bonds is 6. The molecule has 1 aromatic carbocycles. The summed E-state index contributed by atoms with van der Waals surface area (Å²) in [4.78, 5) is 53.0. The highest BCUT2D eigenvalue weighted by Crippen LogP contribution is 2.24. The molecule has 162 valence electrons. The summed E-state index contributed by atoms with van der Waals surface area (Å²) in [7, 11) is 0. The highest BCUT2D eigenvalue weighted by atomic mass is 16.6. The van der Waals surface area contributed by atoms with Gasteiger partial charge in [-0.2, -0.15) is 0 Å². The van der Waals surface area contributed by atoms with Crippen molar-refractivity contribution in [2.45, 2.75) is 38.3 Å². The van der Waals surface area contributed by atoms with Crippen molar-refractivity contribution in [1.82, 2.24) is 14.7 Å². The van der Waals surface area contributed by atoms with Crippen LogP contribution in [0.2, 0.25) is 0 Å². The molecule has 2 saturated heterocycles. The van der Waals surface area contributed by atoms with E-state index >= 15 is 0 Å². The van der Waals surface area contributed by atoms with Gasteiger partial charge in [-0.1, -0.05) is 18.2 Å². The van der Waals surface area contributed by atoms with Gasteiger partial charge in [0.05, 0.1) is 17.4 Å². The monoisotopic (exact) mass is 418 g/mol. The van der Waals surface area contributed by atoms with Crippen molar-refractivity contribution in [2.75, 3.05) is 32.7 Å². The molecule has 10 nitrogen and oxygen atoms in total. The molecule has 3 rings (SSSR count). The predicted molar refractivity (Wildman–Crippen MR) is 107 cm³/mol. The SMILES string of the molecule is CC(=O)N1CCN(C(=O)Cc2ccccc2[N+](=O)[O-])C(C(=O)O)C1CN1CCCC1. The molecular weight excluding hydrogens is 392 g/mol. The zero-order chi connectivity index (χ0) is 21.8. The molecule has 2 aliphatic heterocycles. The normalized spacial score (nSPS) is 22.2. The van der Waals surface area contributed by atoms with Gasteiger partial charge in [0.2, 0.25) is 11.8 Å². The average Bonchev–Trinajstić information content (AvgIpc) is 3.20. The fourth-order valence-corrected chi connectivity index (χ4v) is 4.40. The number of amides is 2. The van der Waals surface area contributed by atoms with Crippen LogP contribution < -0.4 is 0 Å². The number of nitro groups is 1. The van der Waals surface area contributed by atoms with Gasteiger partial charge in [0.15, 0.2) is 6.04 Å². The smallest absolute Gasteiger partial charge is 0.328 e. The maximum atomic E-state index is 13.0. The number of likely N-dealkylation sites (tertiary alicyclic amines) is 1. The van der Waals surface area contributed by atoms with Crippen LogP contribution in [0.25, 0.3) is 0 Å². The first-order valence-electron chi connectivity index (χ1n) is 10.0. The van der Waals surface area contributed by atoms with E-state index in [9.17, 15) is 29.6 Å². The number of para-hydroxylation sites is 1. The molecule has 2 heterocycles. The molecular formula is C20H26N4O6. The van der Waals surface area contributed by atoms with E-state index in [0.717, 1.165) is 25.9 Å². The summed E-state index contributed by atoms with van der Waals surface area (Å²) in [5, 5.41) is 21.2. The Morgan fingerprint density at radius 2 is 1.73 bits per heavy atom. The quantitative estimate of drug-likeness (QED) is 0.534. The van der Waals surface area contributed by atoms with Crippen molar-refractivity contribution in [1.29, 1.82) is 0 Å². The third-order valence-electron chi connectivity index (χ3n) is 5.83. The van der Waals surface area contributed by atoms with E-state index in [1.54, 1.807) is 6.07 Å². The number of aliphatic carboxylic acids is 1. The van der Waals surface area contributed by atoms with Gasteiger partial charge in [0.1, 0.15) is 0 Å². The van der Waals surface area contributed by atoms with Crippen LogP contribution in [-0.2, 0) is 20.8 Å². The minimum Gasteiger partial charge on any atom is -0.480 e. The number of carboxylic acids is 1. The van der Waals surface area contributed by atoms with Crippen molar-refractivity contribution in [3.63, 3.8) is 0 Å². The molecule has 2 amide bonds. The van der Waals surface area contributed by atoms with Crippen molar-refractivity contribution in [3.05, 3.63) is 39.9 Å². The molecule has 30 heavy (non-hydrogen) atoms. The van der Waals surface area contributed by atoms with Crippen LogP contribution in [0.1, 0.15) is 25.3 Å². The Bertz CT molecular complexity index is 838. The van der Waals surface area contributed by atoms with E-state index < -0.39 is 28.9 Å². The van der Waals surface area contributed by atoms with E-state index in [4.69, 9.17) is 0 Å². The van der Waals surface area contributed by atoms with Crippen molar-refractivity contribution >= 4 is 23.5 Å². The Morgan fingerprint density at radius 3 is 2.33 bits per heavy atom. The summed E-state index contributed by atoms with van der Waals surface area (Å²) in [6, 6.07) is 4.08. The lowest BCUT2D eigenvalue weighted by Crippen LogP contribution is -2.67. The van der Waals surface area contributed by atoms with Crippen molar-refractivity contribution < 1.29 is 24.4 Å². The summed E-state index contributed by atoms with van der Waals surface area (Å²) in [5.41, 5.74) is 0.0652. The first kappa shape index (κ1) is 21.7. The van der Waals surface area contributed by atoms with Crippen LogP contribution in [0, 0.1) is 10.1 Å². The first-order chi connectivity index (χ1) is 14.3. The molecule has 0 bridgehead atoms. The van der Waals surface area contributed by atoms with Crippen LogP contribution in [0.5, 0.6) is 0 Å². The third kappa shape index (κ3) is 4.59. The van der Waals surface area contributed by atoms with Gasteiger partial charge in [0, 0.05) is 38.2 Å². The van der Waals surface area contributed by atoms with Crippen LogP contribution in [0.15, 0.2) is 24.3 Å². The topological polar surface area (TPSA) is 124 Å². The van der Waals surface area contributed by atoms with Gasteiger partial charge >= 0.3 is 5.97 Å². The fraction of sp³-hybridized carbons (Fsp3) is 0.550. The predicted octanol–water partition coefficient (Wildman–Crippen LogP) is 0.746. The number of hydrogen-bond acceptors (Lipinski definition) is 6. The highest BCUT2D eigenvalue weighted by molar-refractivity contribution is 5.87. The number of nitro benzene ring substituents is 1. The number of piperazine rings is 1. The second kappa shape index (κ2) is 9.21. The summed E-state index contributed by atoms with van der Waals surface area (Å²) in [6.45, 7) is 3.76. The summed E-state index contributed by atoms with van der Waals surface area (Å²) < 4.78 is 0. The molecule has 0 aromatic heterocycles. The molecule has 2 aliphatic rings. The second-order valence-electron chi connectivity index (χ2n) is 7.72. The van der Waals surface area contributed by atoms with E-state index in [2.05, 4.69) is 4.90 Å². The lowest BCUT2D eigenvalue weighted by Gasteiger charge is -2.46. The van der Waals surface area contributed by atoms with E-state index in [-0.39, 0.29) is 36.7 Å². The molecule has 2 unspecified atom stereocenters. The minimum atomic E-state index is -1.20. The van der Waals surface area contributed by atoms with Gasteiger partial charge in [0.25, 0.3) is 5.69 Å². The highest BCUT2D eigenvalue weighted by Gasteiger charge is 2.45. The number of benzene rings is 1. The molecule has 10 heteroatoms. The van der Waals surface area contributed by atoms with Gasteiger partial charge in [-0.15, -0.1) is 0 Å². The van der Waals surface area contributed by atoms with Crippen LogP contribution >= 0.6 is 0 Å². The molecule has 2 atom stereocenters. The Labute approximate surface area is 174 Å². The van der Waals surface area contributed by atoms with Gasteiger partial charge in [-0.05, 0) is 25.9 Å². The van der Waals surface area contributed by atoms with Crippen molar-refractivity contribution in [3.8, 4) is 0 Å². The van der Waals surface area contributed by atoms with Crippen LogP contribution in [0.3, 0.4) is 0 Å². The second-order valence-corrected chi connectivity index (χ2v) is 7.72. The zero-order valence-corrected chi connectivity index (χ0v) is 16.9. The average molecular weight is 418 g/mol. The number of hydrogen-bond donors (Lipinski definition) is 1. The lowest BCUT2D eigenvalue weighted by molar-refractivity contribution is -0.385. The summed E-state index contributed by atoms with van der Waals surface area (Å²) in [6.07, 6.45) is 1.77. The van der Waals surface area contributed by atoms with E-state index in [0.29, 0.717) is 6.54 Å². The molecule has 1 aromatic rings. The third-order valence-corrected chi connectivity index (χ3v) is 5.83. The first-order valence-corrected chi connectivity index (χ1v) is 10.0. The molecule has 1 N–H and O–H groups in total. The fourth-order valence-electron chi connectivity index (χ4n) is 4.40. The molecule has 0 aliphatic carbocycles. The standard InChI is InChI=1S/C20H26N4O6/c1-14(25)22-10-11-23(18(26)12-15-6-2-3-7-16(15)24(29)30)19(20(27)28)17(22)13-21-8-4-5-9-21/h2-3,6-7,17,19H,4-5,8-13H2,1H3,(H,27,28). The van der Waals surface area contributed by atoms with Crippen LogP contribution in [-0.4, -0.2) is 87.3 Å². The number of carboxylic acid groups (broad SMARTS) is 1. The van der Waals surface area contributed by atoms with E-state index in [1.807, 2.05) is 0 Å². The van der Waals surface area contributed by atoms with Crippen molar-refractivity contribution in [2.24, 2.45) is 0 Å². The lowest BCUT2D eigenvalue weighted by atomic mass is 9.98. The summed E-state index contributed by atoms with van der Waals surface area (Å²) >= 11 is 0. The maximum Gasteiger partial charge on any atom is 0.328 e. The Kier molecular flexibility index (Phi) is 6.66. The van der Waals surface area contributed by atoms with Gasteiger partial charge in [-0.25, -0.2) is 4.79 Å². The largest absolute Gasteiger partial charge is 0.480 e. The van der Waals surface area contributed by atoms with Gasteiger partial charge < -0.3 is 19.8 Å². The Hall–Kier alpha value is -3.01. The zero-order valence-electron chi connectivity index (χ0n) is 16.9. The number of nitrogens with zero attached hydrogens (tertiary/aromatic N) is 4. The Morgan fingerprint density at radius 1 is 1.10 bits per heavy atom.